The number of halogens is 2. The van der Waals surface area contributed by atoms with Crippen molar-refractivity contribution in [2.75, 3.05) is 0 Å². The van der Waals surface area contributed by atoms with Gasteiger partial charge in [0.25, 0.3) is 5.56 Å². The van der Waals surface area contributed by atoms with E-state index in [0.717, 1.165) is 10.0 Å². The molecule has 4 nitrogen and oxygen atoms in total. The summed E-state index contributed by atoms with van der Waals surface area (Å²) in [5, 5.41) is 8.78. The number of aromatic nitrogens is 3. The van der Waals surface area contributed by atoms with Crippen molar-refractivity contribution in [1.82, 2.24) is 14.6 Å². The predicted octanol–water partition coefficient (Wildman–Crippen LogP) is 3.78. The molecule has 7 heteroatoms. The third-order valence-corrected chi connectivity index (χ3v) is 5.35. The molecule has 0 bridgehead atoms. The van der Waals surface area contributed by atoms with Crippen molar-refractivity contribution in [3.05, 3.63) is 78.5 Å². The van der Waals surface area contributed by atoms with E-state index in [1.54, 1.807) is 6.07 Å². The van der Waals surface area contributed by atoms with Gasteiger partial charge in [0, 0.05) is 10.0 Å². The molecule has 118 valence electrons. The molecule has 0 aliphatic heterocycles. The maximum absolute atomic E-state index is 12.8. The van der Waals surface area contributed by atoms with Gasteiger partial charge >= 0.3 is 0 Å². The smallest absolute Gasteiger partial charge is 0.267 e. The Bertz CT molecular complexity index is 1150. The lowest BCUT2D eigenvalue weighted by Crippen LogP contribution is -2.23. The molecule has 0 atom stereocenters. The summed E-state index contributed by atoms with van der Waals surface area (Å²) < 4.78 is 3.11. The zero-order valence-corrected chi connectivity index (χ0v) is 15.3. The first kappa shape index (κ1) is 15.5. The Labute approximate surface area is 154 Å². The minimum Gasteiger partial charge on any atom is -0.267 e. The van der Waals surface area contributed by atoms with Crippen molar-refractivity contribution in [2.24, 2.45) is 0 Å². The van der Waals surface area contributed by atoms with Gasteiger partial charge in [0.15, 0.2) is 5.82 Å². The van der Waals surface area contributed by atoms with Gasteiger partial charge in [-0.15, -0.1) is 10.2 Å². The van der Waals surface area contributed by atoms with Crippen LogP contribution in [0.2, 0.25) is 5.02 Å². The highest BCUT2D eigenvalue weighted by Crippen LogP contribution is 2.25. The molecule has 0 unspecified atom stereocenters. The second-order valence-electron chi connectivity index (χ2n) is 5.09. The quantitative estimate of drug-likeness (QED) is 0.498. The fourth-order valence-electron chi connectivity index (χ4n) is 2.39. The molecule has 0 N–H and O–H groups in total. The van der Waals surface area contributed by atoms with Crippen LogP contribution in [0.4, 0.5) is 0 Å². The van der Waals surface area contributed by atoms with Gasteiger partial charge in [0.05, 0.1) is 9.55 Å². The van der Waals surface area contributed by atoms with Gasteiger partial charge in [-0.05, 0) is 35.9 Å². The summed E-state index contributed by atoms with van der Waals surface area (Å²) in [6, 6.07) is 15.0. The van der Waals surface area contributed by atoms with Crippen LogP contribution in [0.1, 0.15) is 5.56 Å². The standard InChI is InChI=1S/C17H9BrClN3OS/c18-11-7-5-10(6-8-11)9-14-16(23)22-15(20-21-17(22)24-14)12-3-1-2-4-13(12)19/h1-9H/b14-9+. The molecule has 0 spiro atoms. The first-order chi connectivity index (χ1) is 11.6. The van der Waals surface area contributed by atoms with E-state index >= 15 is 0 Å². The van der Waals surface area contributed by atoms with Crippen LogP contribution in [0, 0.1) is 0 Å². The molecule has 2 heterocycles. The highest BCUT2D eigenvalue weighted by molar-refractivity contribution is 9.10. The minimum atomic E-state index is -0.141. The number of hydrogen-bond acceptors (Lipinski definition) is 4. The van der Waals surface area contributed by atoms with E-state index in [1.807, 2.05) is 48.5 Å². The first-order valence-corrected chi connectivity index (χ1v) is 9.02. The molecule has 0 radical (unpaired) electrons. The van der Waals surface area contributed by atoms with Crippen LogP contribution in [0.3, 0.4) is 0 Å². The third-order valence-electron chi connectivity index (χ3n) is 3.53. The summed E-state index contributed by atoms with van der Waals surface area (Å²) in [5.74, 6) is 0.465. The summed E-state index contributed by atoms with van der Waals surface area (Å²) in [6.07, 6.45) is 1.85. The Morgan fingerprint density at radius 1 is 1.08 bits per heavy atom. The van der Waals surface area contributed by atoms with Crippen LogP contribution in [0.5, 0.6) is 0 Å². The second-order valence-corrected chi connectivity index (χ2v) is 7.42. The predicted molar refractivity (Wildman–Crippen MR) is 101 cm³/mol. The molecule has 0 saturated heterocycles. The molecule has 0 aliphatic rings. The highest BCUT2D eigenvalue weighted by Gasteiger charge is 2.15. The van der Waals surface area contributed by atoms with Crippen molar-refractivity contribution in [3.63, 3.8) is 0 Å². The Morgan fingerprint density at radius 3 is 2.58 bits per heavy atom. The maximum atomic E-state index is 12.8. The lowest BCUT2D eigenvalue weighted by molar-refractivity contribution is 1.09. The summed E-state index contributed by atoms with van der Waals surface area (Å²) in [6.45, 7) is 0. The SMILES string of the molecule is O=c1/c(=C\c2ccc(Br)cc2)sc2nnc(-c3ccccc3Cl)n12. The number of benzene rings is 2. The normalized spacial score (nSPS) is 12.2. The number of rotatable bonds is 2. The number of fused-ring (bicyclic) bond motifs is 1. The van der Waals surface area contributed by atoms with E-state index in [2.05, 4.69) is 26.1 Å². The Kier molecular flexibility index (Phi) is 3.96. The molecule has 0 fully saturated rings. The highest BCUT2D eigenvalue weighted by atomic mass is 79.9. The van der Waals surface area contributed by atoms with Crippen LogP contribution in [0.15, 0.2) is 57.8 Å². The van der Waals surface area contributed by atoms with Gasteiger partial charge in [0.1, 0.15) is 0 Å². The van der Waals surface area contributed by atoms with Crippen LogP contribution >= 0.6 is 38.9 Å². The van der Waals surface area contributed by atoms with E-state index in [9.17, 15) is 4.79 Å². The lowest BCUT2D eigenvalue weighted by atomic mass is 10.2. The van der Waals surface area contributed by atoms with Gasteiger partial charge < -0.3 is 0 Å². The number of nitrogens with zero attached hydrogens (tertiary/aromatic N) is 3. The molecule has 4 aromatic rings. The molecule has 0 saturated carbocycles. The lowest BCUT2D eigenvalue weighted by Gasteiger charge is -1.99. The molecular weight excluding hydrogens is 410 g/mol. The summed E-state index contributed by atoms with van der Waals surface area (Å²) in [7, 11) is 0. The molecule has 2 aromatic heterocycles. The second kappa shape index (κ2) is 6.12. The van der Waals surface area contributed by atoms with E-state index in [1.165, 1.54) is 15.7 Å². The number of hydrogen-bond donors (Lipinski definition) is 0. The summed E-state index contributed by atoms with van der Waals surface area (Å²) in [5.41, 5.74) is 1.50. The topological polar surface area (TPSA) is 47.3 Å². The van der Waals surface area contributed by atoms with Crippen molar-refractivity contribution in [3.8, 4) is 11.4 Å². The van der Waals surface area contributed by atoms with Crippen molar-refractivity contribution in [1.29, 1.82) is 0 Å². The van der Waals surface area contributed by atoms with Gasteiger partial charge in [-0.25, -0.2) is 4.40 Å². The van der Waals surface area contributed by atoms with Crippen molar-refractivity contribution < 1.29 is 0 Å². The van der Waals surface area contributed by atoms with E-state index in [4.69, 9.17) is 11.6 Å². The van der Waals surface area contributed by atoms with Crippen LogP contribution in [-0.4, -0.2) is 14.6 Å². The largest absolute Gasteiger partial charge is 0.276 e. The van der Waals surface area contributed by atoms with E-state index in [-0.39, 0.29) is 5.56 Å². The van der Waals surface area contributed by atoms with E-state index in [0.29, 0.717) is 25.9 Å². The average molecular weight is 419 g/mol. The summed E-state index contributed by atoms with van der Waals surface area (Å²) >= 11 is 10.9. The van der Waals surface area contributed by atoms with Crippen LogP contribution in [0.25, 0.3) is 22.4 Å². The Morgan fingerprint density at radius 2 is 1.83 bits per heavy atom. The summed E-state index contributed by atoms with van der Waals surface area (Å²) in [4.78, 5) is 13.3. The zero-order valence-electron chi connectivity index (χ0n) is 12.1. The Balaban J connectivity index is 1.93. The molecular formula is C17H9BrClN3OS. The van der Waals surface area contributed by atoms with E-state index < -0.39 is 0 Å². The molecule has 0 aliphatic carbocycles. The van der Waals surface area contributed by atoms with Gasteiger partial charge in [0.2, 0.25) is 4.96 Å². The molecule has 2 aromatic carbocycles. The first-order valence-electron chi connectivity index (χ1n) is 7.03. The minimum absolute atomic E-state index is 0.141. The average Bonchev–Trinajstić information content (AvgIpc) is 3.11. The van der Waals surface area contributed by atoms with Gasteiger partial charge in [-0.1, -0.05) is 63.1 Å². The van der Waals surface area contributed by atoms with Crippen molar-refractivity contribution >= 4 is 49.9 Å². The molecule has 4 rings (SSSR count). The van der Waals surface area contributed by atoms with Gasteiger partial charge in [-0.3, -0.25) is 4.79 Å². The monoisotopic (exact) mass is 417 g/mol. The van der Waals surface area contributed by atoms with Crippen LogP contribution < -0.4 is 10.1 Å². The molecule has 0 amide bonds. The fourth-order valence-corrected chi connectivity index (χ4v) is 3.79. The number of thiazole rings is 1. The van der Waals surface area contributed by atoms with Crippen LogP contribution in [-0.2, 0) is 0 Å². The molecule has 24 heavy (non-hydrogen) atoms. The van der Waals surface area contributed by atoms with Gasteiger partial charge in [-0.2, -0.15) is 0 Å². The maximum Gasteiger partial charge on any atom is 0.276 e. The fraction of sp³-hybridized carbons (Fsp3) is 0. The van der Waals surface area contributed by atoms with Crippen molar-refractivity contribution in [2.45, 2.75) is 0 Å². The third kappa shape index (κ3) is 2.66. The zero-order chi connectivity index (χ0) is 16.7. The Hall–Kier alpha value is -2.02.